The van der Waals surface area contributed by atoms with E-state index in [4.69, 9.17) is 4.74 Å². The molecule has 0 aliphatic carbocycles. The number of carbonyl (C=O) groups is 1. The molecule has 1 fully saturated rings. The molecule has 2 aromatic carbocycles. The number of halogens is 1. The van der Waals surface area contributed by atoms with Gasteiger partial charge < -0.3 is 9.84 Å². The minimum Gasteiger partial charge on any atom is -0.491 e. The smallest absolute Gasteiger partial charge is 0.309 e. The summed E-state index contributed by atoms with van der Waals surface area (Å²) >= 11 is 0. The highest BCUT2D eigenvalue weighted by atomic mass is 32.2. The number of carboxylic acids is 1. The van der Waals surface area contributed by atoms with Gasteiger partial charge in [0, 0.05) is 11.9 Å². The van der Waals surface area contributed by atoms with E-state index in [-0.39, 0.29) is 36.1 Å². The Morgan fingerprint density at radius 3 is 2.65 bits per heavy atom. The molecule has 1 saturated heterocycles. The first-order chi connectivity index (χ1) is 17.6. The van der Waals surface area contributed by atoms with Crippen molar-refractivity contribution in [3.63, 3.8) is 0 Å². The highest BCUT2D eigenvalue weighted by Crippen LogP contribution is 2.41. The van der Waals surface area contributed by atoms with Gasteiger partial charge in [-0.05, 0) is 62.7 Å². The van der Waals surface area contributed by atoms with Crippen LogP contribution < -0.4 is 4.74 Å². The van der Waals surface area contributed by atoms with Crippen molar-refractivity contribution >= 4 is 26.9 Å². The van der Waals surface area contributed by atoms with Crippen LogP contribution >= 0.6 is 0 Å². The molecule has 1 aliphatic heterocycles. The summed E-state index contributed by atoms with van der Waals surface area (Å²) in [5.41, 5.74) is 0.670. The second-order valence-corrected chi connectivity index (χ2v) is 11.0. The van der Waals surface area contributed by atoms with Crippen molar-refractivity contribution in [2.45, 2.75) is 49.8 Å². The molecule has 37 heavy (non-hydrogen) atoms. The number of nitrogens with zero attached hydrogens (tertiary/aromatic N) is 5. The number of hydrogen-bond donors (Lipinski definition) is 2. The molecule has 2 atom stereocenters. The fourth-order valence-corrected chi connectivity index (χ4v) is 6.30. The molecule has 0 spiro atoms. The molecule has 11 nitrogen and oxygen atoms in total. The largest absolute Gasteiger partial charge is 0.491 e. The topological polar surface area (TPSA) is 143 Å². The minimum absolute atomic E-state index is 0.00555. The van der Waals surface area contributed by atoms with Gasteiger partial charge in [-0.1, -0.05) is 0 Å². The zero-order valence-electron chi connectivity index (χ0n) is 20.1. The molecular weight excluding hydrogens is 503 g/mol. The molecule has 4 aromatic rings. The van der Waals surface area contributed by atoms with Gasteiger partial charge in [-0.3, -0.25) is 14.6 Å². The van der Waals surface area contributed by atoms with E-state index in [1.165, 1.54) is 45.6 Å². The number of carboxylic acid groups (broad SMARTS) is 1. The molecule has 194 valence electrons. The summed E-state index contributed by atoms with van der Waals surface area (Å²) in [6.45, 7) is 3.76. The zero-order chi connectivity index (χ0) is 26.3. The van der Waals surface area contributed by atoms with Crippen LogP contribution in [0.3, 0.4) is 0 Å². The van der Waals surface area contributed by atoms with E-state index in [1.54, 1.807) is 12.1 Å². The molecule has 5 rings (SSSR count). The first-order valence-corrected chi connectivity index (χ1v) is 13.1. The number of aliphatic carboxylic acids is 1. The van der Waals surface area contributed by atoms with Crippen molar-refractivity contribution in [3.05, 3.63) is 66.1 Å². The first-order valence-electron chi connectivity index (χ1n) is 11.7. The van der Waals surface area contributed by atoms with Gasteiger partial charge in [-0.25, -0.2) is 17.8 Å². The average Bonchev–Trinajstić information content (AvgIpc) is 3.57. The lowest BCUT2D eigenvalue weighted by Crippen LogP contribution is -2.32. The second-order valence-electron chi connectivity index (χ2n) is 9.10. The Balaban J connectivity index is 1.54. The van der Waals surface area contributed by atoms with Crippen LogP contribution in [-0.4, -0.2) is 61.4 Å². The van der Waals surface area contributed by atoms with E-state index in [0.717, 1.165) is 0 Å². The predicted octanol–water partition coefficient (Wildman–Crippen LogP) is 3.08. The van der Waals surface area contributed by atoms with Crippen molar-refractivity contribution in [3.8, 4) is 5.75 Å². The number of hydrogen-bond acceptors (Lipinski definition) is 7. The molecule has 0 unspecified atom stereocenters. The number of aromatic nitrogens is 5. The van der Waals surface area contributed by atoms with Gasteiger partial charge in [-0.15, -0.1) is 0 Å². The maximum Gasteiger partial charge on any atom is 0.309 e. The lowest BCUT2D eigenvalue weighted by Gasteiger charge is -2.22. The van der Waals surface area contributed by atoms with Crippen LogP contribution in [0.25, 0.3) is 10.9 Å². The Bertz CT molecular complexity index is 1540. The van der Waals surface area contributed by atoms with Crippen LogP contribution in [0.5, 0.6) is 5.75 Å². The number of fused-ring (bicyclic) bond motifs is 1. The monoisotopic (exact) mass is 528 g/mol. The van der Waals surface area contributed by atoms with E-state index < -0.39 is 33.9 Å². The Hall–Kier alpha value is -3.84. The van der Waals surface area contributed by atoms with Crippen LogP contribution in [-0.2, 0) is 21.2 Å². The van der Waals surface area contributed by atoms with Crippen molar-refractivity contribution in [2.75, 3.05) is 6.54 Å². The van der Waals surface area contributed by atoms with Crippen LogP contribution in [0.1, 0.15) is 43.9 Å². The molecule has 0 bridgehead atoms. The fourth-order valence-electron chi connectivity index (χ4n) is 4.67. The van der Waals surface area contributed by atoms with Gasteiger partial charge in [-0.2, -0.15) is 14.5 Å². The summed E-state index contributed by atoms with van der Waals surface area (Å²) < 4.78 is 50.2. The third-order valence-corrected chi connectivity index (χ3v) is 8.07. The molecule has 0 amide bonds. The molecule has 1 aliphatic rings. The summed E-state index contributed by atoms with van der Waals surface area (Å²) in [5, 5.41) is 21.1. The average molecular weight is 529 g/mol. The lowest BCUT2D eigenvalue weighted by molar-refractivity contribution is -0.136. The molecule has 0 radical (unpaired) electrons. The second kappa shape index (κ2) is 9.56. The number of nitrogens with one attached hydrogen (secondary N) is 1. The summed E-state index contributed by atoms with van der Waals surface area (Å²) in [4.78, 5) is 15.7. The maximum absolute atomic E-state index is 14.2. The molecule has 2 N–H and O–H groups in total. The zero-order valence-corrected chi connectivity index (χ0v) is 20.9. The molecule has 0 saturated carbocycles. The number of H-pyrrole nitrogens is 1. The van der Waals surface area contributed by atoms with Crippen molar-refractivity contribution in [2.24, 2.45) is 0 Å². The lowest BCUT2D eigenvalue weighted by atomic mass is 10.1. The molecule has 3 heterocycles. The van der Waals surface area contributed by atoms with Crippen molar-refractivity contribution in [1.82, 2.24) is 29.3 Å². The van der Waals surface area contributed by atoms with E-state index in [1.807, 2.05) is 13.8 Å². The molecule has 2 aromatic heterocycles. The Morgan fingerprint density at radius 1 is 1.24 bits per heavy atom. The van der Waals surface area contributed by atoms with E-state index in [2.05, 4.69) is 20.3 Å². The number of rotatable bonds is 8. The highest BCUT2D eigenvalue weighted by Gasteiger charge is 2.44. The van der Waals surface area contributed by atoms with E-state index in [0.29, 0.717) is 22.5 Å². The Labute approximate surface area is 211 Å². The summed E-state index contributed by atoms with van der Waals surface area (Å²) in [7, 11) is -4.00. The first kappa shape index (κ1) is 24.8. The van der Waals surface area contributed by atoms with Crippen molar-refractivity contribution < 1.29 is 27.4 Å². The standard InChI is InChI=1S/C24H25FN6O5S/c1-14(2)36-17-4-6-18(7-5-17)37(34,35)30-12-16(10-22(30)24-26-13-27-28-24)31-21-9-15(25)3-8-19(21)20(29-31)11-23(32)33/h3-9,13-14,16,22H,10-12H2,1-2H3,(H,32,33)(H,26,27,28)/t16-,22-/m1/s1. The summed E-state index contributed by atoms with van der Waals surface area (Å²) in [5.74, 6) is -0.740. The van der Waals surface area contributed by atoms with Gasteiger partial charge >= 0.3 is 5.97 Å². The normalized spacial score (nSPS) is 18.6. The Kier molecular flexibility index (Phi) is 6.42. The number of aromatic amines is 1. The van der Waals surface area contributed by atoms with Crippen LogP contribution in [0.15, 0.2) is 53.7 Å². The minimum atomic E-state index is -4.00. The van der Waals surface area contributed by atoms with Crippen LogP contribution in [0.4, 0.5) is 4.39 Å². The van der Waals surface area contributed by atoms with Crippen LogP contribution in [0.2, 0.25) is 0 Å². The molecular formula is C24H25FN6O5S. The van der Waals surface area contributed by atoms with E-state index in [9.17, 15) is 22.7 Å². The van der Waals surface area contributed by atoms with Crippen molar-refractivity contribution in [1.29, 1.82) is 0 Å². The third-order valence-electron chi connectivity index (χ3n) is 6.18. The van der Waals surface area contributed by atoms with Gasteiger partial charge in [0.2, 0.25) is 10.0 Å². The highest BCUT2D eigenvalue weighted by molar-refractivity contribution is 7.89. The maximum atomic E-state index is 14.2. The van der Waals surface area contributed by atoms with Gasteiger partial charge in [0.05, 0.1) is 40.7 Å². The fraction of sp³-hybridized carbons (Fsp3) is 0.333. The van der Waals surface area contributed by atoms with Gasteiger partial charge in [0.15, 0.2) is 5.82 Å². The SMILES string of the molecule is CC(C)Oc1ccc(S(=O)(=O)N2C[C@H](n3nc(CC(=O)O)c4ccc(F)cc43)C[C@@H]2c2nc[nH]n2)cc1. The van der Waals surface area contributed by atoms with Gasteiger partial charge in [0.1, 0.15) is 17.9 Å². The van der Waals surface area contributed by atoms with E-state index >= 15 is 0 Å². The quantitative estimate of drug-likeness (QED) is 0.355. The van der Waals surface area contributed by atoms with Crippen LogP contribution in [0, 0.1) is 5.82 Å². The van der Waals surface area contributed by atoms with Gasteiger partial charge in [0.25, 0.3) is 0 Å². The number of sulfonamides is 1. The number of ether oxygens (including phenoxy) is 1. The molecule has 13 heteroatoms. The summed E-state index contributed by atoms with van der Waals surface area (Å²) in [6.07, 6.45) is 1.22. The predicted molar refractivity (Wildman–Crippen MR) is 130 cm³/mol. The summed E-state index contributed by atoms with van der Waals surface area (Å²) in [6, 6.07) is 8.95. The third kappa shape index (κ3) is 4.79. The Morgan fingerprint density at radius 2 is 2.00 bits per heavy atom. The number of benzene rings is 2.